The van der Waals surface area contributed by atoms with Crippen molar-refractivity contribution in [1.82, 2.24) is 9.97 Å². The Kier molecular flexibility index (Phi) is 5.54. The van der Waals surface area contributed by atoms with E-state index in [4.69, 9.17) is 10.00 Å². The summed E-state index contributed by atoms with van der Waals surface area (Å²) >= 11 is 0. The lowest BCUT2D eigenvalue weighted by Crippen LogP contribution is -2.04. The van der Waals surface area contributed by atoms with Crippen LogP contribution in [0.5, 0.6) is 17.4 Å². The monoisotopic (exact) mass is 408 g/mol. The van der Waals surface area contributed by atoms with Crippen LogP contribution in [0, 0.1) is 11.3 Å². The molecule has 0 unspecified atom stereocenters. The quantitative estimate of drug-likeness (QED) is 0.440. The minimum atomic E-state index is -0.236. The van der Waals surface area contributed by atoms with E-state index >= 15 is 0 Å². The van der Waals surface area contributed by atoms with Gasteiger partial charge in [-0.15, -0.1) is 0 Å². The maximum absolute atomic E-state index is 12.9. The van der Waals surface area contributed by atoms with Gasteiger partial charge in [-0.05, 0) is 60.7 Å². The summed E-state index contributed by atoms with van der Waals surface area (Å²) in [6.07, 6.45) is 1.54. The summed E-state index contributed by atoms with van der Waals surface area (Å²) in [6, 6.07) is 23.4. The van der Waals surface area contributed by atoms with Gasteiger partial charge in [-0.2, -0.15) is 10.2 Å². The van der Waals surface area contributed by atoms with Gasteiger partial charge >= 0.3 is 0 Å². The zero-order chi connectivity index (χ0) is 21.6. The molecular weight excluding hydrogens is 392 g/mol. The van der Waals surface area contributed by atoms with Crippen LogP contribution in [-0.2, 0) is 0 Å². The lowest BCUT2D eigenvalue weighted by Gasteiger charge is -2.11. The van der Waals surface area contributed by atoms with Crippen molar-refractivity contribution in [1.29, 1.82) is 5.26 Å². The summed E-state index contributed by atoms with van der Waals surface area (Å²) in [6.45, 7) is 0. The molecule has 0 amide bonds. The molecule has 150 valence electrons. The van der Waals surface area contributed by atoms with Crippen molar-refractivity contribution in [2.75, 3.05) is 5.32 Å². The number of para-hydroxylation sites is 1. The molecule has 0 aliphatic rings. The first-order valence-electron chi connectivity index (χ1n) is 9.33. The highest BCUT2D eigenvalue weighted by atomic mass is 16.5. The molecule has 0 saturated carbocycles. The first kappa shape index (κ1) is 19.6. The van der Waals surface area contributed by atoms with Crippen LogP contribution in [-0.4, -0.2) is 20.9 Å². The van der Waals surface area contributed by atoms with Crippen LogP contribution < -0.4 is 10.1 Å². The van der Waals surface area contributed by atoms with Crippen LogP contribution in [0.3, 0.4) is 0 Å². The Morgan fingerprint density at radius 1 is 0.968 bits per heavy atom. The van der Waals surface area contributed by atoms with Gasteiger partial charge in [0.2, 0.25) is 11.8 Å². The molecule has 0 atom stereocenters. The van der Waals surface area contributed by atoms with Gasteiger partial charge in [-0.3, -0.25) is 4.79 Å². The number of benzene rings is 3. The number of aromatic nitrogens is 2. The maximum atomic E-state index is 12.9. The number of ketones is 1. The van der Waals surface area contributed by atoms with Crippen LogP contribution in [0.2, 0.25) is 0 Å². The number of anilines is 2. The number of rotatable bonds is 6. The number of hydrogen-bond acceptors (Lipinski definition) is 7. The molecule has 1 heterocycles. The Balaban J connectivity index is 1.56. The minimum Gasteiger partial charge on any atom is -0.508 e. The Hall–Kier alpha value is -4.70. The van der Waals surface area contributed by atoms with Gasteiger partial charge in [0.05, 0.1) is 17.2 Å². The number of phenols is 1. The van der Waals surface area contributed by atoms with Crippen molar-refractivity contribution in [2.24, 2.45) is 0 Å². The third-order valence-electron chi connectivity index (χ3n) is 4.38. The second-order valence-corrected chi connectivity index (χ2v) is 6.51. The minimum absolute atomic E-state index is 0.0874. The first-order chi connectivity index (χ1) is 15.1. The summed E-state index contributed by atoms with van der Waals surface area (Å²) in [4.78, 5) is 21.4. The van der Waals surface area contributed by atoms with Gasteiger partial charge < -0.3 is 15.2 Å². The fourth-order valence-electron chi connectivity index (χ4n) is 2.84. The Morgan fingerprint density at radius 3 is 2.45 bits per heavy atom. The van der Waals surface area contributed by atoms with Gasteiger partial charge in [0.1, 0.15) is 11.5 Å². The molecule has 0 aliphatic carbocycles. The highest BCUT2D eigenvalue weighted by Crippen LogP contribution is 2.27. The molecule has 0 bridgehead atoms. The van der Waals surface area contributed by atoms with Crippen LogP contribution in [0.15, 0.2) is 85.1 Å². The molecule has 7 heteroatoms. The summed E-state index contributed by atoms with van der Waals surface area (Å²) < 4.78 is 5.89. The molecule has 3 aromatic carbocycles. The number of ether oxygens (including phenoxy) is 1. The second kappa shape index (κ2) is 8.76. The van der Waals surface area contributed by atoms with Crippen molar-refractivity contribution in [3.8, 4) is 23.4 Å². The smallest absolute Gasteiger partial charge is 0.230 e. The topological polar surface area (TPSA) is 108 Å². The van der Waals surface area contributed by atoms with Gasteiger partial charge in [0.25, 0.3) is 0 Å². The van der Waals surface area contributed by atoms with E-state index in [9.17, 15) is 9.90 Å². The highest BCUT2D eigenvalue weighted by molar-refractivity contribution is 6.10. The molecular formula is C24H16N4O3. The zero-order valence-corrected chi connectivity index (χ0v) is 16.2. The number of nitriles is 1. The maximum Gasteiger partial charge on any atom is 0.230 e. The molecule has 4 rings (SSSR count). The van der Waals surface area contributed by atoms with E-state index in [1.54, 1.807) is 72.9 Å². The fraction of sp³-hybridized carbons (Fsp3) is 0. The fourth-order valence-corrected chi connectivity index (χ4v) is 2.84. The third kappa shape index (κ3) is 4.66. The van der Waals surface area contributed by atoms with E-state index in [2.05, 4.69) is 21.4 Å². The Labute approximate surface area is 178 Å². The van der Waals surface area contributed by atoms with E-state index < -0.39 is 0 Å². The van der Waals surface area contributed by atoms with Crippen molar-refractivity contribution in [3.63, 3.8) is 0 Å². The largest absolute Gasteiger partial charge is 0.508 e. The molecule has 0 fully saturated rings. The van der Waals surface area contributed by atoms with E-state index in [0.717, 1.165) is 5.69 Å². The molecule has 7 nitrogen and oxygen atoms in total. The average Bonchev–Trinajstić information content (AvgIpc) is 2.80. The number of phenolic OH excluding ortho intramolecular Hbond substituents is 1. The van der Waals surface area contributed by atoms with Gasteiger partial charge in [0, 0.05) is 23.5 Å². The number of hydrogen-bond donors (Lipinski definition) is 2. The van der Waals surface area contributed by atoms with Crippen LogP contribution in [0.1, 0.15) is 21.5 Å². The number of nitrogens with zero attached hydrogens (tertiary/aromatic N) is 3. The lowest BCUT2D eigenvalue weighted by molar-refractivity contribution is 0.103. The standard InChI is InChI=1S/C24H16N4O3/c25-15-16-5-9-18(10-6-16)27-24-26-14-13-22(28-24)31-21-4-2-1-3-20(21)23(30)17-7-11-19(29)12-8-17/h1-14,29H,(H,26,27,28). The summed E-state index contributed by atoms with van der Waals surface area (Å²) in [5.41, 5.74) is 2.07. The Bertz CT molecular complexity index is 1260. The van der Waals surface area contributed by atoms with Gasteiger partial charge in [-0.1, -0.05) is 12.1 Å². The molecule has 1 aromatic heterocycles. The van der Waals surface area contributed by atoms with Gasteiger partial charge in [0.15, 0.2) is 5.78 Å². The molecule has 4 aromatic rings. The van der Waals surface area contributed by atoms with Gasteiger partial charge in [-0.25, -0.2) is 4.98 Å². The average molecular weight is 408 g/mol. The number of aromatic hydroxyl groups is 1. The van der Waals surface area contributed by atoms with Crippen molar-refractivity contribution in [3.05, 3.63) is 102 Å². The zero-order valence-electron chi connectivity index (χ0n) is 16.2. The predicted octanol–water partition coefficient (Wildman–Crippen LogP) is 4.82. The lowest BCUT2D eigenvalue weighted by atomic mass is 10.0. The molecule has 0 spiro atoms. The number of carbonyl (C=O) groups excluding carboxylic acids is 1. The Morgan fingerprint density at radius 2 is 1.71 bits per heavy atom. The third-order valence-corrected chi connectivity index (χ3v) is 4.38. The van der Waals surface area contributed by atoms with Crippen LogP contribution in [0.4, 0.5) is 11.6 Å². The second-order valence-electron chi connectivity index (χ2n) is 6.51. The van der Waals surface area contributed by atoms with Crippen LogP contribution in [0.25, 0.3) is 0 Å². The molecule has 0 radical (unpaired) electrons. The van der Waals surface area contributed by atoms with Crippen molar-refractivity contribution >= 4 is 17.4 Å². The summed E-state index contributed by atoms with van der Waals surface area (Å²) in [5.74, 6) is 0.773. The van der Waals surface area contributed by atoms with E-state index in [0.29, 0.717) is 28.4 Å². The number of nitrogens with one attached hydrogen (secondary N) is 1. The number of carbonyl (C=O) groups is 1. The predicted molar refractivity (Wildman–Crippen MR) is 115 cm³/mol. The first-order valence-corrected chi connectivity index (χ1v) is 9.33. The highest BCUT2D eigenvalue weighted by Gasteiger charge is 2.15. The van der Waals surface area contributed by atoms with Crippen molar-refractivity contribution < 1.29 is 14.6 Å². The molecule has 0 aliphatic heterocycles. The molecule has 0 saturated heterocycles. The summed E-state index contributed by atoms with van der Waals surface area (Å²) in [7, 11) is 0. The molecule has 2 N–H and O–H groups in total. The summed E-state index contributed by atoms with van der Waals surface area (Å²) in [5, 5.41) is 21.4. The normalized spacial score (nSPS) is 10.2. The van der Waals surface area contributed by atoms with E-state index in [-0.39, 0.29) is 17.4 Å². The molecule has 31 heavy (non-hydrogen) atoms. The van der Waals surface area contributed by atoms with Crippen molar-refractivity contribution in [2.45, 2.75) is 0 Å². The van der Waals surface area contributed by atoms with E-state index in [1.807, 2.05) is 0 Å². The SMILES string of the molecule is N#Cc1ccc(Nc2nccc(Oc3ccccc3C(=O)c3ccc(O)cc3)n2)cc1. The van der Waals surface area contributed by atoms with Crippen LogP contribution >= 0.6 is 0 Å². The van der Waals surface area contributed by atoms with E-state index in [1.165, 1.54) is 12.1 Å².